The third kappa shape index (κ3) is 5.93. The van der Waals surface area contributed by atoms with Gasteiger partial charge in [0.2, 0.25) is 0 Å². The molecule has 8 nitrogen and oxygen atoms in total. The Labute approximate surface area is 193 Å². The number of ketones is 1. The zero-order valence-electron chi connectivity index (χ0n) is 18.8. The second-order valence-corrected chi connectivity index (χ2v) is 8.06. The molecule has 0 aliphatic carbocycles. The fraction of sp³-hybridized carbons (Fsp3) is 0.280. The van der Waals surface area contributed by atoms with E-state index in [0.717, 1.165) is 46.9 Å². The van der Waals surface area contributed by atoms with Crippen LogP contribution in [0.5, 0.6) is 5.75 Å². The number of carbonyl (C=O) groups excluding carboxylic acids is 1. The fourth-order valence-corrected chi connectivity index (χ4v) is 3.91. The van der Waals surface area contributed by atoms with Crippen LogP contribution in [0.4, 0.5) is 5.69 Å². The zero-order valence-corrected chi connectivity index (χ0v) is 18.8. The van der Waals surface area contributed by atoms with Gasteiger partial charge in [-0.25, -0.2) is 4.99 Å². The number of aryl methyl sites for hydroxylation is 1. The van der Waals surface area contributed by atoms with Gasteiger partial charge >= 0.3 is 0 Å². The van der Waals surface area contributed by atoms with Crippen LogP contribution in [0.15, 0.2) is 59.9 Å². The molecule has 0 amide bonds. The number of Topliss-reactive ketones (excluding diaryl/α,β-unsaturated/α-hetero) is 1. The maximum absolute atomic E-state index is 11.8. The van der Waals surface area contributed by atoms with Crippen molar-refractivity contribution in [2.24, 2.45) is 10.7 Å². The number of piperidine rings is 1. The number of hydrogen-bond acceptors (Lipinski definition) is 5. The van der Waals surface area contributed by atoms with E-state index in [4.69, 9.17) is 15.5 Å². The minimum Gasteiger partial charge on any atom is -0.487 e. The number of carbonyl (C=O) groups is 1. The van der Waals surface area contributed by atoms with Crippen LogP contribution >= 0.6 is 0 Å². The van der Waals surface area contributed by atoms with Gasteiger partial charge in [-0.15, -0.1) is 4.99 Å². The normalized spacial score (nSPS) is 15.3. The lowest BCUT2D eigenvalue weighted by atomic mass is 10.1. The number of aromatic nitrogens is 2. The number of nitrogens with one attached hydrogen (secondary N) is 2. The first-order valence-electron chi connectivity index (χ1n) is 11.0. The molecule has 3 aromatic rings. The molecule has 4 rings (SSSR count). The summed E-state index contributed by atoms with van der Waals surface area (Å²) in [5.41, 5.74) is 10.2. The van der Waals surface area contributed by atoms with E-state index in [1.165, 1.54) is 6.34 Å². The van der Waals surface area contributed by atoms with Gasteiger partial charge in [0.25, 0.3) is 5.84 Å². The SMILES string of the molecule is Cc1cc(N=C([NH+]=CN)c2[nH]ccc2CN2CCCC(=O)C2)ccc1OCc1ccccn1. The van der Waals surface area contributed by atoms with Crippen LogP contribution in [0.3, 0.4) is 0 Å². The monoisotopic (exact) mass is 445 g/mol. The molecule has 8 heteroatoms. The molecular formula is C25H29N6O2+. The van der Waals surface area contributed by atoms with Gasteiger partial charge in [0.15, 0.2) is 6.34 Å². The topological polar surface area (TPSA) is 111 Å². The molecule has 2 aromatic heterocycles. The second-order valence-electron chi connectivity index (χ2n) is 8.06. The average Bonchev–Trinajstić information content (AvgIpc) is 3.27. The average molecular weight is 446 g/mol. The molecule has 0 atom stereocenters. The number of benzene rings is 1. The highest BCUT2D eigenvalue weighted by Crippen LogP contribution is 2.25. The predicted molar refractivity (Wildman–Crippen MR) is 127 cm³/mol. The summed E-state index contributed by atoms with van der Waals surface area (Å²) in [6, 6.07) is 13.6. The van der Waals surface area contributed by atoms with Gasteiger partial charge in [0.1, 0.15) is 29.5 Å². The molecule has 170 valence electrons. The first kappa shape index (κ1) is 22.4. The van der Waals surface area contributed by atoms with Crippen molar-refractivity contribution in [3.05, 3.63) is 77.4 Å². The Kier molecular flexibility index (Phi) is 7.26. The molecule has 3 heterocycles. The van der Waals surface area contributed by atoms with E-state index >= 15 is 0 Å². The lowest BCUT2D eigenvalue weighted by Crippen LogP contribution is -2.75. The van der Waals surface area contributed by atoms with Crippen LogP contribution in [-0.4, -0.2) is 45.9 Å². The lowest BCUT2D eigenvalue weighted by Gasteiger charge is -2.25. The predicted octanol–water partition coefficient (Wildman–Crippen LogP) is 1.61. The molecule has 1 fully saturated rings. The molecular weight excluding hydrogens is 416 g/mol. The molecule has 0 spiro atoms. The van der Waals surface area contributed by atoms with Gasteiger partial charge in [-0.05, 0) is 67.4 Å². The number of aromatic amines is 1. The van der Waals surface area contributed by atoms with Crippen LogP contribution in [0.1, 0.15) is 35.4 Å². The zero-order chi connectivity index (χ0) is 23.0. The van der Waals surface area contributed by atoms with Crippen LogP contribution < -0.4 is 15.5 Å². The van der Waals surface area contributed by atoms with Crippen molar-refractivity contribution >= 4 is 23.6 Å². The van der Waals surface area contributed by atoms with E-state index in [2.05, 4.69) is 19.9 Å². The number of hydrogen-bond donors (Lipinski definition) is 3. The quantitative estimate of drug-likeness (QED) is 0.378. The van der Waals surface area contributed by atoms with Gasteiger partial charge in [0, 0.05) is 25.4 Å². The first-order chi connectivity index (χ1) is 16.1. The molecule has 1 aromatic carbocycles. The van der Waals surface area contributed by atoms with E-state index in [1.54, 1.807) is 6.20 Å². The Balaban J connectivity index is 1.52. The number of nitrogens with zero attached hydrogens (tertiary/aromatic N) is 3. The van der Waals surface area contributed by atoms with Crippen molar-refractivity contribution in [2.75, 3.05) is 13.1 Å². The Morgan fingerprint density at radius 2 is 2.24 bits per heavy atom. The van der Waals surface area contributed by atoms with Crippen molar-refractivity contribution in [1.82, 2.24) is 14.9 Å². The fourth-order valence-electron chi connectivity index (χ4n) is 3.91. The molecule has 0 unspecified atom stereocenters. The Bertz CT molecular complexity index is 1150. The number of rotatable bonds is 7. The number of ether oxygens (including phenoxy) is 1. The van der Waals surface area contributed by atoms with Crippen LogP contribution in [-0.2, 0) is 17.9 Å². The van der Waals surface area contributed by atoms with Crippen molar-refractivity contribution in [3.8, 4) is 5.75 Å². The largest absolute Gasteiger partial charge is 0.487 e. The van der Waals surface area contributed by atoms with Crippen molar-refractivity contribution in [1.29, 1.82) is 0 Å². The molecule has 1 saturated heterocycles. The van der Waals surface area contributed by atoms with Crippen molar-refractivity contribution < 1.29 is 14.5 Å². The van der Waals surface area contributed by atoms with E-state index in [1.807, 2.05) is 55.6 Å². The maximum atomic E-state index is 11.8. The Hall–Kier alpha value is -3.78. The number of aliphatic imine (C=N–C) groups is 1. The number of nitrogens with two attached hydrogens (primary N) is 1. The highest BCUT2D eigenvalue weighted by molar-refractivity contribution is 5.94. The maximum Gasteiger partial charge on any atom is 0.284 e. The summed E-state index contributed by atoms with van der Waals surface area (Å²) in [7, 11) is 0. The number of likely N-dealkylation sites (tertiary alicyclic amines) is 1. The number of amidine groups is 1. The van der Waals surface area contributed by atoms with E-state index in [0.29, 0.717) is 37.7 Å². The van der Waals surface area contributed by atoms with Gasteiger partial charge in [-0.2, -0.15) is 0 Å². The van der Waals surface area contributed by atoms with Gasteiger partial charge < -0.3 is 15.5 Å². The minimum atomic E-state index is 0.293. The summed E-state index contributed by atoms with van der Waals surface area (Å²) in [4.78, 5) is 29.4. The highest BCUT2D eigenvalue weighted by Gasteiger charge is 2.21. The summed E-state index contributed by atoms with van der Waals surface area (Å²) < 4.78 is 5.92. The number of pyridine rings is 1. The Morgan fingerprint density at radius 3 is 3.00 bits per heavy atom. The summed E-state index contributed by atoms with van der Waals surface area (Å²) in [5, 5.41) is 0. The van der Waals surface area contributed by atoms with Crippen LogP contribution in [0.2, 0.25) is 0 Å². The van der Waals surface area contributed by atoms with Crippen molar-refractivity contribution in [2.45, 2.75) is 32.9 Å². The standard InChI is InChI=1S/C25H28N6O2/c1-18-13-20(7-8-23(18)33-16-21-5-2-3-10-27-21)30-25(29-17-26)24-19(9-11-28-24)14-31-12-4-6-22(32)15-31/h2-3,5,7-11,13,17,28H,4,6,12,14-16H2,1H3,(H2,26,29,30)/p+1. The summed E-state index contributed by atoms with van der Waals surface area (Å²) >= 11 is 0. The number of H-pyrrole nitrogens is 1. The summed E-state index contributed by atoms with van der Waals surface area (Å²) in [6.07, 6.45) is 6.58. The summed E-state index contributed by atoms with van der Waals surface area (Å²) in [5.74, 6) is 1.69. The third-order valence-corrected chi connectivity index (χ3v) is 5.52. The molecule has 1 aliphatic rings. The molecule has 33 heavy (non-hydrogen) atoms. The third-order valence-electron chi connectivity index (χ3n) is 5.52. The van der Waals surface area contributed by atoms with E-state index in [9.17, 15) is 4.79 Å². The molecule has 4 N–H and O–H groups in total. The molecule has 0 bridgehead atoms. The lowest BCUT2D eigenvalue weighted by molar-refractivity contribution is -0.309. The Morgan fingerprint density at radius 1 is 1.33 bits per heavy atom. The van der Waals surface area contributed by atoms with Crippen LogP contribution in [0.25, 0.3) is 0 Å². The van der Waals surface area contributed by atoms with Gasteiger partial charge in [-0.1, -0.05) is 6.07 Å². The van der Waals surface area contributed by atoms with Gasteiger partial charge in [0.05, 0.1) is 12.2 Å². The van der Waals surface area contributed by atoms with E-state index in [-0.39, 0.29) is 0 Å². The second kappa shape index (κ2) is 10.7. The van der Waals surface area contributed by atoms with Crippen molar-refractivity contribution in [3.63, 3.8) is 0 Å². The molecule has 0 radical (unpaired) electrons. The molecule has 0 saturated carbocycles. The smallest absolute Gasteiger partial charge is 0.284 e. The van der Waals surface area contributed by atoms with Crippen LogP contribution in [0, 0.1) is 6.92 Å². The van der Waals surface area contributed by atoms with E-state index < -0.39 is 0 Å². The van der Waals surface area contributed by atoms with Gasteiger partial charge in [-0.3, -0.25) is 14.7 Å². The minimum absolute atomic E-state index is 0.293. The summed E-state index contributed by atoms with van der Waals surface area (Å²) in [6.45, 7) is 4.48. The highest BCUT2D eigenvalue weighted by atomic mass is 16.5. The first-order valence-corrected chi connectivity index (χ1v) is 11.0. The molecule has 1 aliphatic heterocycles.